The van der Waals surface area contributed by atoms with Gasteiger partial charge in [0.05, 0.1) is 11.0 Å². The van der Waals surface area contributed by atoms with Crippen molar-refractivity contribution < 1.29 is 9.72 Å². The summed E-state index contributed by atoms with van der Waals surface area (Å²) in [6.07, 6.45) is 0. The van der Waals surface area contributed by atoms with Crippen LogP contribution >= 0.6 is 0 Å². The van der Waals surface area contributed by atoms with Crippen LogP contribution in [0.3, 0.4) is 0 Å². The van der Waals surface area contributed by atoms with Gasteiger partial charge < -0.3 is 10.2 Å². The number of nitro groups is 1. The molecule has 0 saturated carbocycles. The quantitative estimate of drug-likeness (QED) is 0.411. The van der Waals surface area contributed by atoms with E-state index in [4.69, 9.17) is 0 Å². The molecule has 1 fully saturated rings. The largest absolute Gasteiger partial charge is 0.342 e. The number of carbonyl (C=O) groups excluding carboxylic acids is 1. The number of piperazine rings is 1. The fourth-order valence-electron chi connectivity index (χ4n) is 4.18. The van der Waals surface area contributed by atoms with Crippen molar-refractivity contribution in [2.75, 3.05) is 39.8 Å². The summed E-state index contributed by atoms with van der Waals surface area (Å²) in [5.41, 5.74) is 0.467. The second-order valence-electron chi connectivity index (χ2n) is 8.70. The summed E-state index contributed by atoms with van der Waals surface area (Å²) in [5.74, 6) is -0.620. The Morgan fingerprint density at radius 1 is 1.09 bits per heavy atom. The van der Waals surface area contributed by atoms with E-state index in [1.54, 1.807) is 19.1 Å². The molecule has 1 aliphatic heterocycles. The molecule has 35 heavy (non-hydrogen) atoms. The Morgan fingerprint density at radius 2 is 1.74 bits per heavy atom. The topological polar surface area (TPSA) is 114 Å². The van der Waals surface area contributed by atoms with Gasteiger partial charge in [0.25, 0.3) is 11.6 Å². The van der Waals surface area contributed by atoms with Crippen LogP contribution in [-0.4, -0.2) is 70.2 Å². The van der Waals surface area contributed by atoms with Gasteiger partial charge in [-0.15, -0.1) is 0 Å². The number of amides is 1. The predicted molar refractivity (Wildman–Crippen MR) is 132 cm³/mol. The van der Waals surface area contributed by atoms with Crippen LogP contribution in [0.4, 0.5) is 5.69 Å². The zero-order valence-electron chi connectivity index (χ0n) is 19.8. The van der Waals surface area contributed by atoms with Crippen LogP contribution in [0.5, 0.6) is 0 Å². The molecule has 0 bridgehead atoms. The SMILES string of the molecule is Cc1cc(=O)c(C(=O)NC(CN2CCN(C)CC2)c2ccccc2)nn1-c1ccccc1[N+](=O)[O-]. The molecule has 1 saturated heterocycles. The molecule has 10 nitrogen and oxygen atoms in total. The standard InChI is InChI=1S/C25H28N6O4/c1-18-16-23(32)24(27-30(18)21-10-6-7-11-22(21)31(34)35)25(33)26-20(19-8-4-3-5-9-19)17-29-14-12-28(2)13-15-29/h3-11,16,20H,12-15,17H2,1-2H3,(H,26,33). The number of nitrogens with zero attached hydrogens (tertiary/aromatic N) is 5. The number of benzene rings is 2. The van der Waals surface area contributed by atoms with Crippen molar-refractivity contribution in [1.29, 1.82) is 0 Å². The summed E-state index contributed by atoms with van der Waals surface area (Å²) in [5, 5.41) is 18.8. The highest BCUT2D eigenvalue weighted by Gasteiger charge is 2.25. The van der Waals surface area contributed by atoms with Gasteiger partial charge in [0, 0.05) is 50.6 Å². The van der Waals surface area contributed by atoms with Crippen molar-refractivity contribution in [3.8, 4) is 5.69 Å². The average molecular weight is 477 g/mol. The maximum Gasteiger partial charge on any atom is 0.294 e. The Bertz CT molecular complexity index is 1270. The number of aromatic nitrogens is 2. The van der Waals surface area contributed by atoms with Crippen LogP contribution in [0.15, 0.2) is 65.5 Å². The zero-order valence-corrected chi connectivity index (χ0v) is 19.8. The maximum atomic E-state index is 13.3. The van der Waals surface area contributed by atoms with Crippen LogP contribution in [0.2, 0.25) is 0 Å². The van der Waals surface area contributed by atoms with E-state index in [1.807, 2.05) is 30.3 Å². The van der Waals surface area contributed by atoms with Crippen LogP contribution in [0.1, 0.15) is 27.8 Å². The Kier molecular flexibility index (Phi) is 7.33. The van der Waals surface area contributed by atoms with E-state index in [1.165, 1.54) is 22.9 Å². The van der Waals surface area contributed by atoms with Crippen LogP contribution < -0.4 is 10.7 Å². The molecule has 0 radical (unpaired) electrons. The first-order valence-electron chi connectivity index (χ1n) is 11.4. The zero-order chi connectivity index (χ0) is 24.9. The summed E-state index contributed by atoms with van der Waals surface area (Å²) in [7, 11) is 2.08. The second-order valence-corrected chi connectivity index (χ2v) is 8.70. The average Bonchev–Trinajstić information content (AvgIpc) is 2.85. The number of nitrogens with one attached hydrogen (secondary N) is 1. The Labute approximate surface area is 202 Å². The lowest BCUT2D eigenvalue weighted by Gasteiger charge is -2.35. The normalized spacial score (nSPS) is 15.5. The Morgan fingerprint density at radius 3 is 2.43 bits per heavy atom. The maximum absolute atomic E-state index is 13.3. The van der Waals surface area contributed by atoms with E-state index < -0.39 is 16.3 Å². The fourth-order valence-corrected chi connectivity index (χ4v) is 4.18. The summed E-state index contributed by atoms with van der Waals surface area (Å²) >= 11 is 0. The van der Waals surface area contributed by atoms with Crippen molar-refractivity contribution in [2.24, 2.45) is 0 Å². The molecule has 2 heterocycles. The summed E-state index contributed by atoms with van der Waals surface area (Å²) < 4.78 is 1.27. The minimum atomic E-state index is -0.620. The van der Waals surface area contributed by atoms with E-state index in [9.17, 15) is 19.7 Å². The lowest BCUT2D eigenvalue weighted by molar-refractivity contribution is -0.384. The number of hydrogen-bond acceptors (Lipinski definition) is 7. The third-order valence-corrected chi connectivity index (χ3v) is 6.17. The lowest BCUT2D eigenvalue weighted by atomic mass is 10.1. The van der Waals surface area contributed by atoms with Crippen molar-refractivity contribution >= 4 is 11.6 Å². The molecule has 182 valence electrons. The molecule has 0 aliphatic carbocycles. The first-order valence-corrected chi connectivity index (χ1v) is 11.4. The molecule has 1 atom stereocenters. The van der Waals surface area contributed by atoms with Gasteiger partial charge in [-0.25, -0.2) is 4.68 Å². The third kappa shape index (κ3) is 5.61. The molecule has 10 heteroatoms. The van der Waals surface area contributed by atoms with Gasteiger partial charge in [-0.1, -0.05) is 42.5 Å². The minimum Gasteiger partial charge on any atom is -0.342 e. The van der Waals surface area contributed by atoms with Gasteiger partial charge in [-0.05, 0) is 25.6 Å². The first kappa shape index (κ1) is 24.2. The van der Waals surface area contributed by atoms with E-state index in [-0.39, 0.29) is 23.1 Å². The molecule has 3 aromatic rings. The highest BCUT2D eigenvalue weighted by atomic mass is 16.6. The molecule has 2 aromatic carbocycles. The molecule has 1 N–H and O–H groups in total. The molecule has 1 aromatic heterocycles. The predicted octanol–water partition coefficient (Wildman–Crippen LogP) is 2.17. The highest BCUT2D eigenvalue weighted by molar-refractivity contribution is 5.92. The number of nitro benzene ring substituents is 1. The Balaban J connectivity index is 1.65. The summed E-state index contributed by atoms with van der Waals surface area (Å²) in [6, 6.07) is 16.6. The molecular weight excluding hydrogens is 448 g/mol. The number of likely N-dealkylation sites (N-methyl/N-ethyl adjacent to an activating group) is 1. The van der Waals surface area contributed by atoms with Crippen LogP contribution in [0, 0.1) is 17.0 Å². The lowest BCUT2D eigenvalue weighted by Crippen LogP contribution is -2.48. The van der Waals surface area contributed by atoms with Crippen molar-refractivity contribution in [2.45, 2.75) is 13.0 Å². The number of aryl methyl sites for hydroxylation is 1. The molecule has 4 rings (SSSR count). The minimum absolute atomic E-state index is 0.171. The van der Waals surface area contributed by atoms with Crippen LogP contribution in [0.25, 0.3) is 5.69 Å². The highest BCUT2D eigenvalue weighted by Crippen LogP contribution is 2.22. The smallest absolute Gasteiger partial charge is 0.294 e. The van der Waals surface area contributed by atoms with Crippen molar-refractivity contribution in [1.82, 2.24) is 24.9 Å². The van der Waals surface area contributed by atoms with Gasteiger partial charge >= 0.3 is 0 Å². The molecule has 1 unspecified atom stereocenters. The Hall–Kier alpha value is -3.89. The second kappa shape index (κ2) is 10.6. The summed E-state index contributed by atoms with van der Waals surface area (Å²) in [6.45, 7) is 5.85. The van der Waals surface area contributed by atoms with Gasteiger partial charge in [-0.3, -0.25) is 24.6 Å². The monoisotopic (exact) mass is 476 g/mol. The van der Waals surface area contributed by atoms with E-state index in [2.05, 4.69) is 27.3 Å². The first-order chi connectivity index (χ1) is 16.8. The van der Waals surface area contributed by atoms with E-state index in [0.29, 0.717) is 12.2 Å². The molecule has 1 amide bonds. The van der Waals surface area contributed by atoms with Gasteiger partial charge in [0.2, 0.25) is 5.43 Å². The van der Waals surface area contributed by atoms with Crippen molar-refractivity contribution in [3.05, 3.63) is 98.0 Å². The third-order valence-electron chi connectivity index (χ3n) is 6.17. The van der Waals surface area contributed by atoms with Gasteiger partial charge in [-0.2, -0.15) is 5.10 Å². The molecule has 0 spiro atoms. The number of rotatable bonds is 7. The van der Waals surface area contributed by atoms with Gasteiger partial charge in [0.15, 0.2) is 5.69 Å². The van der Waals surface area contributed by atoms with Crippen LogP contribution in [-0.2, 0) is 0 Å². The van der Waals surface area contributed by atoms with Gasteiger partial charge in [0.1, 0.15) is 5.69 Å². The fraction of sp³-hybridized carbons (Fsp3) is 0.320. The number of carbonyl (C=O) groups is 1. The van der Waals surface area contributed by atoms with Crippen molar-refractivity contribution in [3.63, 3.8) is 0 Å². The summed E-state index contributed by atoms with van der Waals surface area (Å²) in [4.78, 5) is 41.6. The van der Waals surface area contributed by atoms with E-state index in [0.717, 1.165) is 31.7 Å². The number of para-hydroxylation sites is 2. The molecule has 1 aliphatic rings. The number of hydrogen-bond donors (Lipinski definition) is 1. The molecular formula is C25H28N6O4. The van der Waals surface area contributed by atoms with E-state index >= 15 is 0 Å².